The summed E-state index contributed by atoms with van der Waals surface area (Å²) < 4.78 is 0.947. The summed E-state index contributed by atoms with van der Waals surface area (Å²) >= 11 is 3.40. The summed E-state index contributed by atoms with van der Waals surface area (Å²) in [4.78, 5) is 5.80. The maximum Gasteiger partial charge on any atom is 0.184 e. The van der Waals surface area contributed by atoms with Gasteiger partial charge in [-0.2, -0.15) is 4.80 Å². The number of amidine groups is 1. The van der Waals surface area contributed by atoms with Gasteiger partial charge in [-0.15, -0.1) is 22.6 Å². The molecular weight excluding hydrogens is 320 g/mol. The molecule has 1 aromatic carbocycles. The molecule has 2 heterocycles. The van der Waals surface area contributed by atoms with Crippen molar-refractivity contribution in [1.82, 2.24) is 15.0 Å². The highest BCUT2D eigenvalue weighted by molar-refractivity contribution is 9.10. The van der Waals surface area contributed by atoms with Crippen LogP contribution in [0.15, 0.2) is 27.7 Å². The van der Waals surface area contributed by atoms with Gasteiger partial charge in [-0.1, -0.05) is 15.9 Å². The molecular formula is C10H10BrClN6. The standard InChI is InChI=1S/C10H9BrN6.ClH/c1-17-15-8-9(12)13-7-4-5(11)2-3-6(7)14-10(8)16-17;/h2-4H,1H3,(H2,12,13)(H,14,16);1H. The van der Waals surface area contributed by atoms with Crippen molar-refractivity contribution < 1.29 is 0 Å². The zero-order valence-electron chi connectivity index (χ0n) is 9.38. The lowest BCUT2D eigenvalue weighted by Gasteiger charge is -2.04. The Morgan fingerprint density at radius 1 is 1.33 bits per heavy atom. The summed E-state index contributed by atoms with van der Waals surface area (Å²) in [7, 11) is 1.74. The highest BCUT2D eigenvalue weighted by atomic mass is 79.9. The number of hydrogen-bond donors (Lipinski definition) is 2. The molecule has 0 atom stereocenters. The summed E-state index contributed by atoms with van der Waals surface area (Å²) in [6.45, 7) is 0. The molecule has 6 nitrogen and oxygen atoms in total. The van der Waals surface area contributed by atoms with Crippen molar-refractivity contribution in [3.05, 3.63) is 28.4 Å². The first-order valence-electron chi connectivity index (χ1n) is 4.96. The van der Waals surface area contributed by atoms with E-state index in [0.29, 0.717) is 17.3 Å². The van der Waals surface area contributed by atoms with E-state index in [1.54, 1.807) is 7.05 Å². The second kappa shape index (κ2) is 4.58. The Bertz CT molecular complexity index is 635. The van der Waals surface area contributed by atoms with Gasteiger partial charge in [0, 0.05) is 11.5 Å². The molecule has 2 aromatic rings. The minimum atomic E-state index is 0. The van der Waals surface area contributed by atoms with Gasteiger partial charge in [0.05, 0.1) is 11.4 Å². The van der Waals surface area contributed by atoms with Crippen LogP contribution in [0, 0.1) is 0 Å². The number of nitrogens with two attached hydrogens (primary N) is 1. The van der Waals surface area contributed by atoms with Gasteiger partial charge in [0.1, 0.15) is 0 Å². The van der Waals surface area contributed by atoms with Crippen LogP contribution in [0.1, 0.15) is 5.69 Å². The van der Waals surface area contributed by atoms with Gasteiger partial charge >= 0.3 is 0 Å². The third-order valence-electron chi connectivity index (χ3n) is 2.41. The second-order valence-electron chi connectivity index (χ2n) is 3.67. The molecule has 0 aliphatic carbocycles. The van der Waals surface area contributed by atoms with Crippen molar-refractivity contribution in [3.8, 4) is 0 Å². The molecule has 3 rings (SSSR count). The summed E-state index contributed by atoms with van der Waals surface area (Å²) in [5.41, 5.74) is 8.09. The van der Waals surface area contributed by atoms with Gasteiger partial charge in [0.15, 0.2) is 17.3 Å². The number of aromatic nitrogens is 3. The summed E-state index contributed by atoms with van der Waals surface area (Å²) in [6.07, 6.45) is 0. The third kappa shape index (κ3) is 2.06. The molecule has 1 aromatic heterocycles. The largest absolute Gasteiger partial charge is 0.382 e. The topological polar surface area (TPSA) is 81.1 Å². The Labute approximate surface area is 118 Å². The van der Waals surface area contributed by atoms with Crippen LogP contribution < -0.4 is 11.1 Å². The third-order valence-corrected chi connectivity index (χ3v) is 2.90. The number of anilines is 2. The van der Waals surface area contributed by atoms with Gasteiger partial charge in [0.2, 0.25) is 0 Å². The molecule has 0 saturated carbocycles. The number of aliphatic imine (C=N–C) groups is 1. The smallest absolute Gasteiger partial charge is 0.184 e. The predicted octanol–water partition coefficient (Wildman–Crippen LogP) is 2.09. The van der Waals surface area contributed by atoms with Crippen LogP contribution in [0.25, 0.3) is 0 Å². The number of nitrogens with one attached hydrogen (secondary N) is 1. The molecule has 8 heteroatoms. The average Bonchev–Trinajstić information content (AvgIpc) is 2.58. The van der Waals surface area contributed by atoms with Crippen molar-refractivity contribution in [3.63, 3.8) is 0 Å². The summed E-state index contributed by atoms with van der Waals surface area (Å²) in [5.74, 6) is 0.979. The Morgan fingerprint density at radius 3 is 2.89 bits per heavy atom. The number of fused-ring (bicyclic) bond motifs is 2. The van der Waals surface area contributed by atoms with Crippen molar-refractivity contribution in [1.29, 1.82) is 0 Å². The molecule has 1 aliphatic rings. The van der Waals surface area contributed by atoms with Gasteiger partial charge in [-0.25, -0.2) is 4.99 Å². The van der Waals surface area contributed by atoms with Crippen LogP contribution in [0.5, 0.6) is 0 Å². The molecule has 94 valence electrons. The van der Waals surface area contributed by atoms with Crippen molar-refractivity contribution in [2.24, 2.45) is 17.8 Å². The monoisotopic (exact) mass is 328 g/mol. The fraction of sp³-hybridized carbons (Fsp3) is 0.100. The fourth-order valence-corrected chi connectivity index (χ4v) is 2.03. The minimum absolute atomic E-state index is 0. The van der Waals surface area contributed by atoms with Gasteiger partial charge in [0.25, 0.3) is 0 Å². The Kier molecular flexibility index (Phi) is 3.27. The SMILES string of the molecule is Cl.Cn1nc2c(n1)C(N)=Nc1cc(Br)ccc1N2. The number of benzene rings is 1. The zero-order chi connectivity index (χ0) is 12.0. The molecule has 18 heavy (non-hydrogen) atoms. The highest BCUT2D eigenvalue weighted by Crippen LogP contribution is 2.33. The van der Waals surface area contributed by atoms with E-state index >= 15 is 0 Å². The quantitative estimate of drug-likeness (QED) is 0.775. The fourth-order valence-electron chi connectivity index (χ4n) is 1.68. The number of rotatable bonds is 0. The van der Waals surface area contributed by atoms with Crippen molar-refractivity contribution in [2.45, 2.75) is 0 Å². The number of aryl methyl sites for hydroxylation is 1. The van der Waals surface area contributed by atoms with Gasteiger partial charge in [-0.05, 0) is 18.2 Å². The molecule has 0 unspecified atom stereocenters. The molecule has 0 bridgehead atoms. The van der Waals surface area contributed by atoms with Gasteiger partial charge in [-0.3, -0.25) is 0 Å². The van der Waals surface area contributed by atoms with E-state index < -0.39 is 0 Å². The average molecular weight is 330 g/mol. The van der Waals surface area contributed by atoms with Crippen LogP contribution in [-0.4, -0.2) is 20.8 Å². The summed E-state index contributed by atoms with van der Waals surface area (Å²) in [6, 6.07) is 5.74. The second-order valence-corrected chi connectivity index (χ2v) is 4.59. The van der Waals surface area contributed by atoms with Crippen molar-refractivity contribution >= 4 is 51.4 Å². The first-order valence-corrected chi connectivity index (χ1v) is 5.75. The first-order chi connectivity index (χ1) is 8.13. The lowest BCUT2D eigenvalue weighted by atomic mass is 10.3. The molecule has 0 amide bonds. The van der Waals surface area contributed by atoms with E-state index in [-0.39, 0.29) is 12.4 Å². The van der Waals surface area contributed by atoms with E-state index in [1.807, 2.05) is 18.2 Å². The van der Waals surface area contributed by atoms with Crippen LogP contribution >= 0.6 is 28.3 Å². The van der Waals surface area contributed by atoms with Crippen molar-refractivity contribution in [2.75, 3.05) is 5.32 Å². The molecule has 0 spiro atoms. The Morgan fingerprint density at radius 2 is 2.11 bits per heavy atom. The number of hydrogen-bond acceptors (Lipinski definition) is 5. The number of nitrogens with zero attached hydrogens (tertiary/aromatic N) is 4. The minimum Gasteiger partial charge on any atom is -0.382 e. The van der Waals surface area contributed by atoms with Crippen LogP contribution in [0.2, 0.25) is 0 Å². The van der Waals surface area contributed by atoms with E-state index in [4.69, 9.17) is 5.73 Å². The number of halogens is 2. The van der Waals surface area contributed by atoms with E-state index in [1.165, 1.54) is 4.80 Å². The molecule has 1 aliphatic heterocycles. The lowest BCUT2D eigenvalue weighted by Crippen LogP contribution is -2.14. The Hall–Kier alpha value is -1.60. The highest BCUT2D eigenvalue weighted by Gasteiger charge is 2.19. The molecule has 0 radical (unpaired) electrons. The maximum atomic E-state index is 5.90. The van der Waals surface area contributed by atoms with Crippen LogP contribution in [0.3, 0.4) is 0 Å². The zero-order valence-corrected chi connectivity index (χ0v) is 11.8. The first kappa shape index (κ1) is 12.8. The van der Waals surface area contributed by atoms with E-state index in [9.17, 15) is 0 Å². The summed E-state index contributed by atoms with van der Waals surface area (Å²) in [5, 5.41) is 11.5. The molecule has 0 fully saturated rings. The molecule has 0 saturated heterocycles. The Balaban J connectivity index is 0.00000120. The lowest BCUT2D eigenvalue weighted by molar-refractivity contribution is 0.654. The van der Waals surface area contributed by atoms with E-state index in [0.717, 1.165) is 15.8 Å². The van der Waals surface area contributed by atoms with Crippen LogP contribution in [0.4, 0.5) is 17.2 Å². The van der Waals surface area contributed by atoms with Gasteiger partial charge < -0.3 is 11.1 Å². The van der Waals surface area contributed by atoms with Crippen LogP contribution in [-0.2, 0) is 7.05 Å². The van der Waals surface area contributed by atoms with E-state index in [2.05, 4.69) is 36.4 Å². The predicted molar refractivity (Wildman–Crippen MR) is 76.1 cm³/mol. The molecule has 3 N–H and O–H groups in total. The maximum absolute atomic E-state index is 5.90. The normalized spacial score (nSPS) is 12.4.